The van der Waals surface area contributed by atoms with Gasteiger partial charge < -0.3 is 15.1 Å². The van der Waals surface area contributed by atoms with E-state index in [-0.39, 0.29) is 5.91 Å². The first-order valence-corrected chi connectivity index (χ1v) is 9.98. The normalized spacial score (nSPS) is 12.0. The van der Waals surface area contributed by atoms with Gasteiger partial charge in [-0.3, -0.25) is 4.79 Å². The zero-order chi connectivity index (χ0) is 18.2. The Bertz CT molecular complexity index is 446. The van der Waals surface area contributed by atoms with E-state index in [2.05, 4.69) is 22.2 Å². The van der Waals surface area contributed by atoms with Crippen molar-refractivity contribution in [3.05, 3.63) is 18.2 Å². The van der Waals surface area contributed by atoms with Gasteiger partial charge in [0.2, 0.25) is 5.91 Å². The van der Waals surface area contributed by atoms with E-state index in [1.54, 1.807) is 12.5 Å². The number of nitrogens with zero attached hydrogens (tertiary/aromatic N) is 1. The van der Waals surface area contributed by atoms with Gasteiger partial charge in [0, 0.05) is 24.7 Å². The predicted molar refractivity (Wildman–Crippen MR) is 101 cm³/mol. The summed E-state index contributed by atoms with van der Waals surface area (Å²) >= 11 is 0. The fourth-order valence-corrected chi connectivity index (χ4v) is 3.00. The van der Waals surface area contributed by atoms with Crippen LogP contribution in [0.15, 0.2) is 12.5 Å². The highest BCUT2D eigenvalue weighted by molar-refractivity contribution is 5.79. The maximum Gasteiger partial charge on any atom is 0.220 e. The average molecular weight is 350 g/mol. The van der Waals surface area contributed by atoms with Gasteiger partial charge in [0.15, 0.2) is 0 Å². The third-order valence-corrected chi connectivity index (χ3v) is 4.51. The minimum atomic E-state index is -0.472. The van der Waals surface area contributed by atoms with Crippen LogP contribution in [0.25, 0.3) is 0 Å². The number of aromatic amines is 1. The van der Waals surface area contributed by atoms with Crippen LogP contribution in [0.4, 0.5) is 0 Å². The van der Waals surface area contributed by atoms with Crippen LogP contribution < -0.4 is 5.32 Å². The standard InChI is InChI=1S/C20H35N3O2/c1-2-3-4-5-6-7-8-9-10-11-12-13-20(25)23-19(16-24)14-18-15-21-17-22-18/h15-17,19H,2-14H2,1H3,(H,21,22)(H,23,25)/t19-/m1/s1. The number of carbonyl (C=O) groups is 2. The summed E-state index contributed by atoms with van der Waals surface area (Å²) in [4.78, 5) is 29.8. The van der Waals surface area contributed by atoms with E-state index in [0.717, 1.165) is 24.8 Å². The molecule has 0 unspecified atom stereocenters. The van der Waals surface area contributed by atoms with Crippen LogP contribution in [0.2, 0.25) is 0 Å². The molecule has 142 valence electrons. The van der Waals surface area contributed by atoms with Gasteiger partial charge in [-0.05, 0) is 6.42 Å². The molecule has 1 rings (SSSR count). The van der Waals surface area contributed by atoms with E-state index in [1.165, 1.54) is 57.8 Å². The molecule has 0 aliphatic heterocycles. The molecule has 0 saturated carbocycles. The maximum atomic E-state index is 11.9. The summed E-state index contributed by atoms with van der Waals surface area (Å²) in [6.07, 6.45) is 18.9. The van der Waals surface area contributed by atoms with Crippen molar-refractivity contribution in [3.63, 3.8) is 0 Å². The number of hydrogen-bond donors (Lipinski definition) is 2. The molecule has 2 N–H and O–H groups in total. The molecule has 0 radical (unpaired) electrons. The van der Waals surface area contributed by atoms with Gasteiger partial charge in [-0.15, -0.1) is 0 Å². The molecule has 5 nitrogen and oxygen atoms in total. The number of carbonyl (C=O) groups excluding carboxylic acids is 2. The first-order chi connectivity index (χ1) is 12.3. The van der Waals surface area contributed by atoms with E-state index in [0.29, 0.717) is 12.8 Å². The Hall–Kier alpha value is -1.65. The fourth-order valence-electron chi connectivity index (χ4n) is 3.00. The minimum absolute atomic E-state index is 0.0347. The van der Waals surface area contributed by atoms with Crippen molar-refractivity contribution in [2.45, 2.75) is 96.4 Å². The largest absolute Gasteiger partial charge is 0.348 e. The van der Waals surface area contributed by atoms with Crippen molar-refractivity contribution < 1.29 is 9.59 Å². The van der Waals surface area contributed by atoms with E-state index in [1.807, 2.05) is 0 Å². The van der Waals surface area contributed by atoms with Gasteiger partial charge in [0.1, 0.15) is 6.29 Å². The molecule has 0 aromatic carbocycles. The highest BCUT2D eigenvalue weighted by atomic mass is 16.2. The third-order valence-electron chi connectivity index (χ3n) is 4.51. The number of rotatable bonds is 16. The lowest BCUT2D eigenvalue weighted by Crippen LogP contribution is -2.37. The Kier molecular flexibility index (Phi) is 12.6. The summed E-state index contributed by atoms with van der Waals surface area (Å²) < 4.78 is 0. The lowest BCUT2D eigenvalue weighted by molar-refractivity contribution is -0.124. The van der Waals surface area contributed by atoms with Crippen LogP contribution in [0.5, 0.6) is 0 Å². The van der Waals surface area contributed by atoms with Crippen LogP contribution in [0, 0.1) is 0 Å². The molecule has 0 saturated heterocycles. The lowest BCUT2D eigenvalue weighted by Gasteiger charge is -2.11. The molecule has 1 atom stereocenters. The van der Waals surface area contributed by atoms with Gasteiger partial charge >= 0.3 is 0 Å². The van der Waals surface area contributed by atoms with Crippen LogP contribution in [0.3, 0.4) is 0 Å². The lowest BCUT2D eigenvalue weighted by atomic mass is 10.1. The second-order valence-corrected chi connectivity index (χ2v) is 6.88. The molecular weight excluding hydrogens is 314 g/mol. The summed E-state index contributed by atoms with van der Waals surface area (Å²) in [7, 11) is 0. The third kappa shape index (κ3) is 11.5. The molecule has 0 aliphatic rings. The number of unbranched alkanes of at least 4 members (excludes halogenated alkanes) is 10. The number of aldehydes is 1. The second kappa shape index (κ2) is 14.7. The first kappa shape index (κ1) is 21.4. The quantitative estimate of drug-likeness (QED) is 0.344. The molecule has 0 aliphatic carbocycles. The molecule has 1 aromatic rings. The summed E-state index contributed by atoms with van der Waals surface area (Å²) in [5.41, 5.74) is 0.854. The summed E-state index contributed by atoms with van der Waals surface area (Å²) in [6.45, 7) is 2.25. The van der Waals surface area contributed by atoms with Crippen molar-refractivity contribution in [1.29, 1.82) is 0 Å². The molecular formula is C20H35N3O2. The Labute approximate surface area is 152 Å². The molecule has 5 heteroatoms. The van der Waals surface area contributed by atoms with Gasteiger partial charge in [-0.1, -0.05) is 71.1 Å². The number of hydrogen-bond acceptors (Lipinski definition) is 3. The summed E-state index contributed by atoms with van der Waals surface area (Å²) in [6, 6.07) is -0.472. The van der Waals surface area contributed by atoms with Gasteiger partial charge in [-0.2, -0.15) is 0 Å². The fraction of sp³-hybridized carbons (Fsp3) is 0.750. The average Bonchev–Trinajstić information content (AvgIpc) is 3.12. The minimum Gasteiger partial charge on any atom is -0.348 e. The van der Waals surface area contributed by atoms with Crippen molar-refractivity contribution in [2.75, 3.05) is 0 Å². The van der Waals surface area contributed by atoms with Crippen LogP contribution >= 0.6 is 0 Å². The molecule has 0 spiro atoms. The monoisotopic (exact) mass is 349 g/mol. The molecule has 0 fully saturated rings. The van der Waals surface area contributed by atoms with Crippen LogP contribution in [0.1, 0.15) is 89.7 Å². The Morgan fingerprint density at radius 1 is 1.08 bits per heavy atom. The van der Waals surface area contributed by atoms with E-state index < -0.39 is 6.04 Å². The molecule has 25 heavy (non-hydrogen) atoms. The van der Waals surface area contributed by atoms with E-state index in [4.69, 9.17) is 0 Å². The highest BCUT2D eigenvalue weighted by Crippen LogP contribution is 2.12. The number of nitrogens with one attached hydrogen (secondary N) is 2. The van der Waals surface area contributed by atoms with Crippen molar-refractivity contribution in [1.82, 2.24) is 15.3 Å². The smallest absolute Gasteiger partial charge is 0.220 e. The zero-order valence-electron chi connectivity index (χ0n) is 15.8. The van der Waals surface area contributed by atoms with Crippen molar-refractivity contribution in [2.24, 2.45) is 0 Å². The van der Waals surface area contributed by atoms with Crippen LogP contribution in [-0.2, 0) is 16.0 Å². The number of amides is 1. The first-order valence-electron chi connectivity index (χ1n) is 9.98. The van der Waals surface area contributed by atoms with Crippen molar-refractivity contribution in [3.8, 4) is 0 Å². The topological polar surface area (TPSA) is 74.8 Å². The van der Waals surface area contributed by atoms with E-state index >= 15 is 0 Å². The predicted octanol–water partition coefficient (Wildman–Crippen LogP) is 4.34. The molecule has 1 aromatic heterocycles. The summed E-state index contributed by atoms with van der Waals surface area (Å²) in [5, 5.41) is 2.79. The molecule has 0 bridgehead atoms. The molecule has 1 amide bonds. The number of aromatic nitrogens is 2. The number of imidazole rings is 1. The van der Waals surface area contributed by atoms with Gasteiger partial charge in [0.05, 0.1) is 12.4 Å². The van der Waals surface area contributed by atoms with Crippen LogP contribution in [-0.4, -0.2) is 28.2 Å². The van der Waals surface area contributed by atoms with Gasteiger partial charge in [0.25, 0.3) is 0 Å². The number of H-pyrrole nitrogens is 1. The Morgan fingerprint density at radius 2 is 1.68 bits per heavy atom. The Balaban J connectivity index is 1.95. The second-order valence-electron chi connectivity index (χ2n) is 6.88. The highest BCUT2D eigenvalue weighted by Gasteiger charge is 2.12. The van der Waals surface area contributed by atoms with Crippen molar-refractivity contribution >= 4 is 12.2 Å². The zero-order valence-corrected chi connectivity index (χ0v) is 15.8. The summed E-state index contributed by atoms with van der Waals surface area (Å²) in [5.74, 6) is -0.0347. The Morgan fingerprint density at radius 3 is 2.20 bits per heavy atom. The van der Waals surface area contributed by atoms with Gasteiger partial charge in [-0.25, -0.2) is 4.98 Å². The molecule has 1 heterocycles. The van der Waals surface area contributed by atoms with E-state index in [9.17, 15) is 9.59 Å². The SMILES string of the molecule is CCCCCCCCCCCCCC(=O)N[C@@H](C=O)Cc1cnc[nH]1. The maximum absolute atomic E-state index is 11.9.